The smallest absolute Gasteiger partial charge is 0.0208 e. The lowest BCUT2D eigenvalue weighted by atomic mass is 9.98. The fourth-order valence-corrected chi connectivity index (χ4v) is 2.36. The summed E-state index contributed by atoms with van der Waals surface area (Å²) in [6.45, 7) is 2.11. The molecule has 90 valence electrons. The second kappa shape index (κ2) is 5.19. The van der Waals surface area contributed by atoms with Crippen LogP contribution in [0.3, 0.4) is 0 Å². The van der Waals surface area contributed by atoms with Gasteiger partial charge in [-0.05, 0) is 35.2 Å². The van der Waals surface area contributed by atoms with Crippen molar-refractivity contribution in [1.82, 2.24) is 5.32 Å². The second-order valence-corrected chi connectivity index (χ2v) is 4.70. The fraction of sp³-hybridized carbons (Fsp3) is 0.176. The third kappa shape index (κ3) is 2.52. The van der Waals surface area contributed by atoms with Crippen LogP contribution in [0.2, 0.25) is 0 Å². The van der Waals surface area contributed by atoms with Gasteiger partial charge in [0.2, 0.25) is 0 Å². The van der Waals surface area contributed by atoms with Crippen LogP contribution in [-0.4, -0.2) is 6.54 Å². The van der Waals surface area contributed by atoms with Gasteiger partial charge in [0.05, 0.1) is 0 Å². The lowest BCUT2D eigenvalue weighted by Crippen LogP contribution is -2.23. The largest absolute Gasteiger partial charge is 0.312 e. The van der Waals surface area contributed by atoms with Crippen LogP contribution < -0.4 is 5.32 Å². The summed E-state index contributed by atoms with van der Waals surface area (Å²) in [5, 5.41) is 3.42. The molecule has 0 fully saturated rings. The number of benzene rings is 2. The fourth-order valence-electron chi connectivity index (χ4n) is 2.36. The monoisotopic (exact) mass is 235 g/mol. The van der Waals surface area contributed by atoms with Crippen molar-refractivity contribution in [2.75, 3.05) is 6.54 Å². The minimum absolute atomic E-state index is 1.00. The van der Waals surface area contributed by atoms with Crippen molar-refractivity contribution in [3.63, 3.8) is 0 Å². The first-order valence-corrected chi connectivity index (χ1v) is 6.47. The zero-order chi connectivity index (χ0) is 12.2. The molecule has 0 amide bonds. The molecule has 0 aliphatic carbocycles. The van der Waals surface area contributed by atoms with Gasteiger partial charge in [-0.2, -0.15) is 0 Å². The molecule has 1 aliphatic heterocycles. The SMILES string of the molecule is C(=Cc1ccc2c(c1)CNCC2)c1ccccc1. The highest BCUT2D eigenvalue weighted by Crippen LogP contribution is 2.17. The van der Waals surface area contributed by atoms with E-state index in [-0.39, 0.29) is 0 Å². The van der Waals surface area contributed by atoms with E-state index in [1.807, 2.05) is 6.07 Å². The van der Waals surface area contributed by atoms with Crippen molar-refractivity contribution < 1.29 is 0 Å². The van der Waals surface area contributed by atoms with Gasteiger partial charge in [-0.3, -0.25) is 0 Å². The van der Waals surface area contributed by atoms with Gasteiger partial charge >= 0.3 is 0 Å². The van der Waals surface area contributed by atoms with E-state index < -0.39 is 0 Å². The first kappa shape index (κ1) is 11.2. The molecule has 2 aromatic carbocycles. The van der Waals surface area contributed by atoms with Crippen molar-refractivity contribution in [2.24, 2.45) is 0 Å². The number of fused-ring (bicyclic) bond motifs is 1. The van der Waals surface area contributed by atoms with E-state index in [1.165, 1.54) is 22.3 Å². The Balaban J connectivity index is 1.83. The Morgan fingerprint density at radius 1 is 0.833 bits per heavy atom. The van der Waals surface area contributed by atoms with E-state index in [9.17, 15) is 0 Å². The highest BCUT2D eigenvalue weighted by atomic mass is 14.9. The average Bonchev–Trinajstić information content (AvgIpc) is 2.46. The molecule has 1 nitrogen and oxygen atoms in total. The van der Waals surface area contributed by atoms with Gasteiger partial charge in [-0.15, -0.1) is 0 Å². The van der Waals surface area contributed by atoms with Gasteiger partial charge < -0.3 is 5.32 Å². The zero-order valence-electron chi connectivity index (χ0n) is 10.4. The van der Waals surface area contributed by atoms with Gasteiger partial charge in [0.1, 0.15) is 0 Å². The maximum Gasteiger partial charge on any atom is 0.0208 e. The Labute approximate surface area is 108 Å². The van der Waals surface area contributed by atoms with Gasteiger partial charge in [-0.1, -0.05) is 60.7 Å². The maximum absolute atomic E-state index is 3.42. The minimum Gasteiger partial charge on any atom is -0.312 e. The molecule has 3 rings (SSSR count). The van der Waals surface area contributed by atoms with Gasteiger partial charge in [0.15, 0.2) is 0 Å². The van der Waals surface area contributed by atoms with Crippen LogP contribution in [0.4, 0.5) is 0 Å². The van der Waals surface area contributed by atoms with E-state index in [1.54, 1.807) is 0 Å². The molecule has 1 heteroatoms. The van der Waals surface area contributed by atoms with Crippen molar-refractivity contribution in [2.45, 2.75) is 13.0 Å². The standard InChI is InChI=1S/C17H17N/c1-2-4-14(5-3-1)6-7-15-8-9-16-10-11-18-13-17(16)12-15/h1-9,12,18H,10-11,13H2. The van der Waals surface area contributed by atoms with Crippen molar-refractivity contribution in [1.29, 1.82) is 0 Å². The summed E-state index contributed by atoms with van der Waals surface area (Å²) in [5.74, 6) is 0. The van der Waals surface area contributed by atoms with Gasteiger partial charge in [0, 0.05) is 6.54 Å². The summed E-state index contributed by atoms with van der Waals surface area (Å²) < 4.78 is 0. The van der Waals surface area contributed by atoms with Crippen molar-refractivity contribution in [3.05, 3.63) is 70.8 Å². The number of hydrogen-bond donors (Lipinski definition) is 1. The Bertz CT molecular complexity index is 555. The summed E-state index contributed by atoms with van der Waals surface area (Å²) in [5.41, 5.74) is 5.46. The second-order valence-electron chi connectivity index (χ2n) is 4.70. The number of nitrogens with one attached hydrogen (secondary N) is 1. The maximum atomic E-state index is 3.42. The molecule has 0 aromatic heterocycles. The molecule has 1 aliphatic rings. The first-order valence-electron chi connectivity index (χ1n) is 6.47. The molecule has 0 saturated carbocycles. The molecular formula is C17H17N. The quantitative estimate of drug-likeness (QED) is 0.786. The Morgan fingerprint density at radius 3 is 2.56 bits per heavy atom. The molecule has 0 saturated heterocycles. The molecule has 2 aromatic rings. The van der Waals surface area contributed by atoms with Crippen LogP contribution in [0.25, 0.3) is 12.2 Å². The van der Waals surface area contributed by atoms with E-state index >= 15 is 0 Å². The summed E-state index contributed by atoms with van der Waals surface area (Å²) in [4.78, 5) is 0. The molecule has 0 radical (unpaired) electrons. The highest BCUT2D eigenvalue weighted by molar-refractivity contribution is 5.70. The van der Waals surface area contributed by atoms with Crippen LogP contribution in [0.5, 0.6) is 0 Å². The van der Waals surface area contributed by atoms with E-state index in [0.29, 0.717) is 0 Å². The molecule has 0 unspecified atom stereocenters. The van der Waals surface area contributed by atoms with Crippen LogP contribution in [-0.2, 0) is 13.0 Å². The number of rotatable bonds is 2. The van der Waals surface area contributed by atoms with Gasteiger partial charge in [-0.25, -0.2) is 0 Å². The third-order valence-electron chi connectivity index (χ3n) is 3.38. The van der Waals surface area contributed by atoms with E-state index in [0.717, 1.165) is 19.5 Å². The summed E-state index contributed by atoms with van der Waals surface area (Å²) in [6.07, 6.45) is 5.50. The molecule has 0 spiro atoms. The molecule has 0 bridgehead atoms. The highest BCUT2D eigenvalue weighted by Gasteiger charge is 2.07. The van der Waals surface area contributed by atoms with E-state index in [2.05, 4.69) is 59.9 Å². The number of hydrogen-bond acceptors (Lipinski definition) is 1. The predicted octanol–water partition coefficient (Wildman–Crippen LogP) is 3.50. The van der Waals surface area contributed by atoms with E-state index in [4.69, 9.17) is 0 Å². The Hall–Kier alpha value is -1.86. The van der Waals surface area contributed by atoms with Crippen LogP contribution in [0, 0.1) is 0 Å². The Kier molecular flexibility index (Phi) is 3.24. The summed E-state index contributed by atoms with van der Waals surface area (Å²) >= 11 is 0. The van der Waals surface area contributed by atoms with Crippen LogP contribution in [0.15, 0.2) is 48.5 Å². The summed E-state index contributed by atoms with van der Waals surface area (Å²) in [6, 6.07) is 17.2. The first-order chi connectivity index (χ1) is 8.92. The topological polar surface area (TPSA) is 12.0 Å². The zero-order valence-corrected chi connectivity index (χ0v) is 10.4. The molecule has 0 atom stereocenters. The molecule has 18 heavy (non-hydrogen) atoms. The molecule has 1 N–H and O–H groups in total. The van der Waals surface area contributed by atoms with Crippen LogP contribution in [0.1, 0.15) is 22.3 Å². The molecule has 1 heterocycles. The Morgan fingerprint density at radius 2 is 1.67 bits per heavy atom. The lowest BCUT2D eigenvalue weighted by Gasteiger charge is -2.17. The minimum atomic E-state index is 1.00. The van der Waals surface area contributed by atoms with Crippen LogP contribution >= 0.6 is 0 Å². The lowest BCUT2D eigenvalue weighted by molar-refractivity contribution is 0.643. The summed E-state index contributed by atoms with van der Waals surface area (Å²) in [7, 11) is 0. The average molecular weight is 235 g/mol. The van der Waals surface area contributed by atoms with Gasteiger partial charge in [0.25, 0.3) is 0 Å². The van der Waals surface area contributed by atoms with Crippen molar-refractivity contribution >= 4 is 12.2 Å². The third-order valence-corrected chi connectivity index (χ3v) is 3.38. The van der Waals surface area contributed by atoms with Crippen molar-refractivity contribution in [3.8, 4) is 0 Å². The normalized spacial score (nSPS) is 14.7. The predicted molar refractivity (Wildman–Crippen MR) is 77.2 cm³/mol. The molecular weight excluding hydrogens is 218 g/mol.